The topological polar surface area (TPSA) is 110 Å². The van der Waals surface area contributed by atoms with Crippen molar-refractivity contribution in [2.75, 3.05) is 0 Å². The standard InChI is InChI=1S/C15H14N4O3/c16-15(17-7-6-13(20)21)18-14(22)11-4-3-5-12(10-11)19-8-1-2-9-19/h1-10H,(H,20,21)(H3,16,17,18,22). The molecule has 1 amide bonds. The van der Waals surface area contributed by atoms with Crippen LogP contribution in [-0.4, -0.2) is 27.5 Å². The Morgan fingerprint density at radius 3 is 2.64 bits per heavy atom. The zero-order valence-corrected chi connectivity index (χ0v) is 11.5. The van der Waals surface area contributed by atoms with Gasteiger partial charge in [0.15, 0.2) is 5.96 Å². The summed E-state index contributed by atoms with van der Waals surface area (Å²) >= 11 is 0. The Kier molecular flexibility index (Phi) is 4.71. The SMILES string of the molecule is NC(=NC=CC(=O)O)NC(=O)c1cccc(-n2cccc2)c1. The minimum Gasteiger partial charge on any atom is -0.478 e. The third kappa shape index (κ3) is 4.07. The molecule has 1 aromatic carbocycles. The number of hydrogen-bond acceptors (Lipinski definition) is 3. The van der Waals surface area contributed by atoms with E-state index in [4.69, 9.17) is 10.8 Å². The van der Waals surface area contributed by atoms with E-state index >= 15 is 0 Å². The van der Waals surface area contributed by atoms with Gasteiger partial charge >= 0.3 is 5.97 Å². The number of rotatable bonds is 4. The highest BCUT2D eigenvalue weighted by atomic mass is 16.4. The van der Waals surface area contributed by atoms with Crippen molar-refractivity contribution in [2.24, 2.45) is 10.7 Å². The van der Waals surface area contributed by atoms with Crippen molar-refractivity contribution in [2.45, 2.75) is 0 Å². The van der Waals surface area contributed by atoms with Gasteiger partial charge in [-0.05, 0) is 30.3 Å². The Hall–Kier alpha value is -3.35. The maximum absolute atomic E-state index is 12.1. The van der Waals surface area contributed by atoms with Gasteiger partial charge < -0.3 is 15.4 Å². The number of carboxylic acids is 1. The number of carbonyl (C=O) groups is 2. The molecule has 0 atom stereocenters. The number of carboxylic acid groups (broad SMARTS) is 1. The summed E-state index contributed by atoms with van der Waals surface area (Å²) < 4.78 is 1.86. The largest absolute Gasteiger partial charge is 0.478 e. The van der Waals surface area contributed by atoms with Crippen molar-refractivity contribution in [1.29, 1.82) is 0 Å². The number of nitrogens with zero attached hydrogens (tertiary/aromatic N) is 2. The zero-order chi connectivity index (χ0) is 15.9. The molecule has 0 aliphatic carbocycles. The summed E-state index contributed by atoms with van der Waals surface area (Å²) in [6.45, 7) is 0. The van der Waals surface area contributed by atoms with E-state index in [0.717, 1.165) is 18.0 Å². The molecule has 0 saturated carbocycles. The number of aromatic nitrogens is 1. The molecule has 2 aromatic rings. The van der Waals surface area contributed by atoms with Crippen LogP contribution in [0.4, 0.5) is 0 Å². The van der Waals surface area contributed by atoms with Gasteiger partial charge in [-0.3, -0.25) is 10.1 Å². The smallest absolute Gasteiger partial charge is 0.329 e. The molecular weight excluding hydrogens is 284 g/mol. The van der Waals surface area contributed by atoms with Crippen LogP contribution in [0, 0.1) is 0 Å². The second-order valence-corrected chi connectivity index (χ2v) is 4.26. The molecule has 0 aliphatic heterocycles. The van der Waals surface area contributed by atoms with E-state index in [2.05, 4.69) is 10.3 Å². The first-order valence-corrected chi connectivity index (χ1v) is 6.34. The van der Waals surface area contributed by atoms with Gasteiger partial charge in [-0.1, -0.05) is 6.07 Å². The summed E-state index contributed by atoms with van der Waals surface area (Å²) in [5.74, 6) is -1.77. The van der Waals surface area contributed by atoms with Gasteiger partial charge in [-0.25, -0.2) is 9.79 Å². The summed E-state index contributed by atoms with van der Waals surface area (Å²) in [5.41, 5.74) is 6.74. The normalized spacial score (nSPS) is 11.5. The number of nitrogens with one attached hydrogen (secondary N) is 1. The predicted octanol–water partition coefficient (Wildman–Crippen LogP) is 1.12. The number of benzene rings is 1. The fourth-order valence-electron chi connectivity index (χ4n) is 1.72. The van der Waals surface area contributed by atoms with Crippen LogP contribution in [0.1, 0.15) is 10.4 Å². The average Bonchev–Trinajstić information content (AvgIpc) is 3.01. The van der Waals surface area contributed by atoms with Crippen LogP contribution in [0.15, 0.2) is 66.1 Å². The number of carbonyl (C=O) groups excluding carboxylic acids is 1. The minimum atomic E-state index is -1.15. The van der Waals surface area contributed by atoms with Crippen molar-refractivity contribution in [1.82, 2.24) is 9.88 Å². The summed E-state index contributed by atoms with van der Waals surface area (Å²) in [6.07, 6.45) is 5.53. The molecule has 1 aromatic heterocycles. The molecule has 1 heterocycles. The van der Waals surface area contributed by atoms with Crippen LogP contribution in [-0.2, 0) is 4.79 Å². The first-order chi connectivity index (χ1) is 10.6. The molecule has 0 spiro atoms. The van der Waals surface area contributed by atoms with Gasteiger partial charge in [0.2, 0.25) is 0 Å². The summed E-state index contributed by atoms with van der Waals surface area (Å²) in [6, 6.07) is 10.7. The molecule has 7 heteroatoms. The minimum absolute atomic E-state index is 0.186. The number of nitrogens with two attached hydrogens (primary N) is 1. The van der Waals surface area contributed by atoms with Crippen molar-refractivity contribution >= 4 is 17.8 Å². The number of guanidine groups is 1. The monoisotopic (exact) mass is 298 g/mol. The summed E-state index contributed by atoms with van der Waals surface area (Å²) in [5, 5.41) is 10.8. The summed E-state index contributed by atoms with van der Waals surface area (Å²) in [4.78, 5) is 25.9. The number of aliphatic imine (C=N–C) groups is 1. The molecule has 0 bridgehead atoms. The Balaban J connectivity index is 2.10. The fourth-order valence-corrected chi connectivity index (χ4v) is 1.72. The number of hydrogen-bond donors (Lipinski definition) is 3. The van der Waals surface area contributed by atoms with Crippen LogP contribution in [0.25, 0.3) is 5.69 Å². The van der Waals surface area contributed by atoms with Crippen LogP contribution >= 0.6 is 0 Å². The molecule has 112 valence electrons. The molecular formula is C15H14N4O3. The maximum atomic E-state index is 12.1. The maximum Gasteiger partial charge on any atom is 0.329 e. The van der Waals surface area contributed by atoms with Gasteiger partial charge in [0.1, 0.15) is 0 Å². The Morgan fingerprint density at radius 2 is 1.95 bits per heavy atom. The van der Waals surface area contributed by atoms with Gasteiger partial charge in [0.25, 0.3) is 5.91 Å². The lowest BCUT2D eigenvalue weighted by Gasteiger charge is -2.07. The van der Waals surface area contributed by atoms with E-state index < -0.39 is 11.9 Å². The molecule has 0 saturated heterocycles. The van der Waals surface area contributed by atoms with E-state index in [9.17, 15) is 9.59 Å². The van der Waals surface area contributed by atoms with E-state index in [-0.39, 0.29) is 5.96 Å². The zero-order valence-electron chi connectivity index (χ0n) is 11.5. The van der Waals surface area contributed by atoms with Crippen molar-refractivity contribution in [3.63, 3.8) is 0 Å². The van der Waals surface area contributed by atoms with E-state index in [1.807, 2.05) is 35.2 Å². The van der Waals surface area contributed by atoms with Gasteiger partial charge in [0.05, 0.1) is 0 Å². The Bertz CT molecular complexity index is 733. The lowest BCUT2D eigenvalue weighted by atomic mass is 10.2. The molecule has 0 fully saturated rings. The van der Waals surface area contributed by atoms with Gasteiger partial charge in [-0.15, -0.1) is 0 Å². The van der Waals surface area contributed by atoms with Crippen LogP contribution in [0.5, 0.6) is 0 Å². The van der Waals surface area contributed by atoms with E-state index in [0.29, 0.717) is 5.56 Å². The highest BCUT2D eigenvalue weighted by Gasteiger charge is 2.07. The van der Waals surface area contributed by atoms with Crippen LogP contribution < -0.4 is 11.1 Å². The number of amides is 1. The molecule has 7 nitrogen and oxygen atoms in total. The molecule has 0 radical (unpaired) electrons. The Morgan fingerprint density at radius 1 is 1.23 bits per heavy atom. The lowest BCUT2D eigenvalue weighted by molar-refractivity contribution is -0.131. The van der Waals surface area contributed by atoms with E-state index in [1.165, 1.54) is 0 Å². The molecule has 0 aliphatic rings. The number of aliphatic carboxylic acids is 1. The quantitative estimate of drug-likeness (QED) is 0.446. The first-order valence-electron chi connectivity index (χ1n) is 6.34. The van der Waals surface area contributed by atoms with Crippen molar-refractivity contribution in [3.05, 3.63) is 66.6 Å². The Labute approximate surface area is 126 Å². The highest BCUT2D eigenvalue weighted by Crippen LogP contribution is 2.10. The van der Waals surface area contributed by atoms with Crippen molar-refractivity contribution in [3.8, 4) is 5.69 Å². The predicted molar refractivity (Wildman–Crippen MR) is 81.6 cm³/mol. The average molecular weight is 298 g/mol. The third-order valence-electron chi connectivity index (χ3n) is 2.68. The molecule has 0 unspecified atom stereocenters. The molecule has 4 N–H and O–H groups in total. The first kappa shape index (κ1) is 15.0. The van der Waals surface area contributed by atoms with Gasteiger partial charge in [0, 0.05) is 35.9 Å². The lowest BCUT2D eigenvalue weighted by Crippen LogP contribution is -2.36. The van der Waals surface area contributed by atoms with Gasteiger partial charge in [-0.2, -0.15) is 0 Å². The highest BCUT2D eigenvalue weighted by molar-refractivity contribution is 6.05. The molecule has 22 heavy (non-hydrogen) atoms. The third-order valence-corrected chi connectivity index (χ3v) is 2.68. The fraction of sp³-hybridized carbons (Fsp3) is 0. The summed E-state index contributed by atoms with van der Waals surface area (Å²) in [7, 11) is 0. The van der Waals surface area contributed by atoms with Crippen LogP contribution in [0.3, 0.4) is 0 Å². The second kappa shape index (κ2) is 6.89. The van der Waals surface area contributed by atoms with Crippen LogP contribution in [0.2, 0.25) is 0 Å². The second-order valence-electron chi connectivity index (χ2n) is 4.26. The van der Waals surface area contributed by atoms with Crippen molar-refractivity contribution < 1.29 is 14.7 Å². The molecule has 2 rings (SSSR count). The van der Waals surface area contributed by atoms with E-state index in [1.54, 1.807) is 18.2 Å².